The van der Waals surface area contributed by atoms with Crippen molar-refractivity contribution in [2.24, 2.45) is 0 Å². The molecule has 5 aromatic rings. The zero-order valence-electron chi connectivity index (χ0n) is 25.9. The molecule has 45 heavy (non-hydrogen) atoms. The molecule has 1 amide bonds. The van der Waals surface area contributed by atoms with Gasteiger partial charge in [0.15, 0.2) is 5.13 Å². The number of fused-ring (bicyclic) bond motifs is 4. The first-order valence-corrected chi connectivity index (χ1v) is 16.8. The highest BCUT2D eigenvalue weighted by Gasteiger charge is 2.48. The van der Waals surface area contributed by atoms with Gasteiger partial charge in [0.1, 0.15) is 11.2 Å². The summed E-state index contributed by atoms with van der Waals surface area (Å²) < 4.78 is 14.8. The number of hydrogen-bond donors (Lipinski definition) is 1. The molecule has 0 spiro atoms. The van der Waals surface area contributed by atoms with Crippen molar-refractivity contribution >= 4 is 32.6 Å². The van der Waals surface area contributed by atoms with Gasteiger partial charge in [-0.3, -0.25) is 9.69 Å². The van der Waals surface area contributed by atoms with Crippen molar-refractivity contribution in [3.05, 3.63) is 120 Å². The van der Waals surface area contributed by atoms with Crippen LogP contribution in [0.15, 0.2) is 97.1 Å². The molecule has 7 rings (SSSR count). The van der Waals surface area contributed by atoms with Crippen LogP contribution in [0.5, 0.6) is 0 Å². The minimum Gasteiger partial charge on any atom is -0.351 e. The van der Waals surface area contributed by atoms with E-state index < -0.39 is 5.41 Å². The van der Waals surface area contributed by atoms with E-state index in [2.05, 4.69) is 89.6 Å². The molecule has 0 radical (unpaired) electrons. The first kappa shape index (κ1) is 29.6. The van der Waals surface area contributed by atoms with Crippen molar-refractivity contribution in [1.82, 2.24) is 15.2 Å². The molecule has 1 aliphatic heterocycles. The Morgan fingerprint density at radius 3 is 2.16 bits per heavy atom. The topological polar surface area (TPSA) is 48.5 Å². The Bertz CT molecular complexity index is 1730. The van der Waals surface area contributed by atoms with E-state index in [1.165, 1.54) is 16.8 Å². The highest BCUT2D eigenvalue weighted by Crippen LogP contribution is 2.51. The molecule has 0 bridgehead atoms. The zero-order chi connectivity index (χ0) is 31.0. The van der Waals surface area contributed by atoms with Crippen LogP contribution in [0.3, 0.4) is 0 Å². The van der Waals surface area contributed by atoms with Crippen LogP contribution in [0.1, 0.15) is 49.8 Å². The molecule has 2 heterocycles. The second-order valence-corrected chi connectivity index (χ2v) is 13.6. The quantitative estimate of drug-likeness (QED) is 0.171. The van der Waals surface area contributed by atoms with Crippen LogP contribution < -0.4 is 10.2 Å². The number of benzene rings is 4. The molecule has 1 N–H and O–H groups in total. The van der Waals surface area contributed by atoms with Crippen LogP contribution >= 0.6 is 11.3 Å². The first-order chi connectivity index (χ1) is 21.9. The number of carbonyl (C=O) groups is 1. The maximum absolute atomic E-state index is 14.4. The molecule has 1 fully saturated rings. The van der Waals surface area contributed by atoms with Crippen LogP contribution in [0, 0.1) is 5.82 Å². The normalized spacial score (nSPS) is 19.0. The lowest BCUT2D eigenvalue weighted by molar-refractivity contribution is -0.125. The smallest absolute Gasteiger partial charge is 0.235 e. The lowest BCUT2D eigenvalue weighted by Crippen LogP contribution is -2.57. The average Bonchev–Trinajstić information content (AvgIpc) is 3.62. The number of carbonyl (C=O) groups excluding carboxylic acids is 1. The molecule has 4 aromatic carbocycles. The summed E-state index contributed by atoms with van der Waals surface area (Å²) in [7, 11) is 0. The van der Waals surface area contributed by atoms with Crippen LogP contribution in [0.25, 0.3) is 21.3 Å². The fraction of sp³-hybridized carbons (Fsp3) is 0.316. The molecule has 1 saturated heterocycles. The van der Waals surface area contributed by atoms with Gasteiger partial charge in [-0.15, -0.1) is 0 Å². The summed E-state index contributed by atoms with van der Waals surface area (Å²) in [6.07, 6.45) is 2.65. The van der Waals surface area contributed by atoms with Gasteiger partial charge in [-0.25, -0.2) is 9.37 Å². The largest absolute Gasteiger partial charge is 0.351 e. The number of thiazole rings is 1. The number of nitrogens with one attached hydrogen (secondary N) is 1. The fourth-order valence-corrected chi connectivity index (χ4v) is 8.51. The summed E-state index contributed by atoms with van der Waals surface area (Å²) in [5.74, 6) is -0.266. The number of hydrogen-bond acceptors (Lipinski definition) is 5. The van der Waals surface area contributed by atoms with Gasteiger partial charge in [-0.2, -0.15) is 0 Å². The van der Waals surface area contributed by atoms with Crippen LogP contribution in [0.2, 0.25) is 0 Å². The number of amides is 1. The zero-order valence-corrected chi connectivity index (χ0v) is 26.7. The van der Waals surface area contributed by atoms with Crippen LogP contribution in [-0.4, -0.2) is 47.5 Å². The molecule has 1 aliphatic carbocycles. The SMILES string of the molecule is C[C@@H]1CN(c2nc3ccccc3s2)C[C@H](C)N1CCCCC1(C(=O)NCc2ccc(F)cc2)c2ccccc2-c2ccccc21. The molecule has 5 nitrogen and oxygen atoms in total. The molecule has 0 unspecified atom stereocenters. The molecule has 230 valence electrons. The summed E-state index contributed by atoms with van der Waals surface area (Å²) in [5, 5.41) is 4.35. The average molecular weight is 619 g/mol. The molecule has 1 aromatic heterocycles. The summed E-state index contributed by atoms with van der Waals surface area (Å²) in [5.41, 5.74) is 5.62. The van der Waals surface area contributed by atoms with Gasteiger partial charge < -0.3 is 10.2 Å². The standard InChI is InChI=1S/C38H39FN4OS/c1-26-24-42(37-41-34-15-7-8-16-35(34)45-37)25-27(2)43(26)22-10-9-21-38(36(44)40-23-28-17-19-29(39)20-18-28)32-13-5-3-11-30(32)31-12-4-6-14-33(31)38/h3-8,11-20,26-27H,9-10,21-25H2,1-2H3,(H,40,44)/t26-,27+. The highest BCUT2D eigenvalue weighted by atomic mass is 32.1. The van der Waals surface area contributed by atoms with E-state index in [1.807, 2.05) is 12.1 Å². The number of anilines is 1. The van der Waals surface area contributed by atoms with E-state index in [0.29, 0.717) is 18.6 Å². The Morgan fingerprint density at radius 2 is 1.49 bits per heavy atom. The number of aromatic nitrogens is 1. The molecule has 7 heteroatoms. The Kier molecular flexibility index (Phi) is 8.15. The number of piperazine rings is 1. The van der Waals surface area contributed by atoms with Gasteiger partial charge in [0.2, 0.25) is 5.91 Å². The number of para-hydroxylation sites is 1. The third kappa shape index (κ3) is 5.53. The van der Waals surface area contributed by atoms with Gasteiger partial charge in [0.05, 0.1) is 10.2 Å². The maximum atomic E-state index is 14.4. The van der Waals surface area contributed by atoms with Gasteiger partial charge in [0, 0.05) is 31.7 Å². The minimum atomic E-state index is -0.768. The van der Waals surface area contributed by atoms with E-state index >= 15 is 0 Å². The van der Waals surface area contributed by atoms with Crippen molar-refractivity contribution < 1.29 is 9.18 Å². The van der Waals surface area contributed by atoms with Crippen LogP contribution in [0.4, 0.5) is 9.52 Å². The van der Waals surface area contributed by atoms with Crippen molar-refractivity contribution in [2.45, 2.75) is 57.2 Å². The fourth-order valence-electron chi connectivity index (χ4n) is 7.52. The molecule has 2 atom stereocenters. The summed E-state index contributed by atoms with van der Waals surface area (Å²) in [6, 6.07) is 32.2. The van der Waals surface area contributed by atoms with Crippen molar-refractivity contribution in [2.75, 3.05) is 24.5 Å². The second kappa shape index (κ2) is 12.4. The molecule has 2 aliphatic rings. The summed E-state index contributed by atoms with van der Waals surface area (Å²) >= 11 is 1.78. The predicted molar refractivity (Wildman–Crippen MR) is 182 cm³/mol. The van der Waals surface area contributed by atoms with Crippen LogP contribution in [-0.2, 0) is 16.8 Å². The minimum absolute atomic E-state index is 0.00964. The van der Waals surface area contributed by atoms with E-state index in [1.54, 1.807) is 23.5 Å². The van der Waals surface area contributed by atoms with E-state index in [-0.39, 0.29) is 11.7 Å². The van der Waals surface area contributed by atoms with Gasteiger partial charge in [0.25, 0.3) is 0 Å². The van der Waals surface area contributed by atoms with E-state index in [0.717, 1.165) is 77.4 Å². The number of rotatable bonds is 9. The van der Waals surface area contributed by atoms with Gasteiger partial charge in [-0.05, 0) is 85.3 Å². The first-order valence-electron chi connectivity index (χ1n) is 16.0. The third-order valence-electron chi connectivity index (χ3n) is 9.69. The second-order valence-electron chi connectivity index (χ2n) is 12.6. The van der Waals surface area contributed by atoms with E-state index in [9.17, 15) is 9.18 Å². The maximum Gasteiger partial charge on any atom is 0.235 e. The summed E-state index contributed by atoms with van der Waals surface area (Å²) in [6.45, 7) is 7.92. The highest BCUT2D eigenvalue weighted by molar-refractivity contribution is 7.22. The molecular weight excluding hydrogens is 580 g/mol. The molecule has 0 saturated carbocycles. The Labute approximate surface area is 268 Å². The third-order valence-corrected chi connectivity index (χ3v) is 10.8. The number of halogens is 1. The van der Waals surface area contributed by atoms with Gasteiger partial charge in [-0.1, -0.05) is 90.6 Å². The Hall–Kier alpha value is -4.07. The molecular formula is C38H39FN4OS. The van der Waals surface area contributed by atoms with E-state index in [4.69, 9.17) is 4.98 Å². The Morgan fingerprint density at radius 1 is 0.867 bits per heavy atom. The predicted octanol–water partition coefficient (Wildman–Crippen LogP) is 7.79. The lowest BCUT2D eigenvalue weighted by Gasteiger charge is -2.44. The Balaban J connectivity index is 1.06. The summed E-state index contributed by atoms with van der Waals surface area (Å²) in [4.78, 5) is 24.4. The lowest BCUT2D eigenvalue weighted by atomic mass is 9.73. The van der Waals surface area contributed by atoms with Gasteiger partial charge >= 0.3 is 0 Å². The van der Waals surface area contributed by atoms with Crippen molar-refractivity contribution in [3.63, 3.8) is 0 Å². The number of unbranched alkanes of at least 4 members (excludes halogenated alkanes) is 1. The van der Waals surface area contributed by atoms with Crippen molar-refractivity contribution in [3.8, 4) is 11.1 Å². The monoisotopic (exact) mass is 618 g/mol. The number of nitrogens with zero attached hydrogens (tertiary/aromatic N) is 3. The van der Waals surface area contributed by atoms with Crippen molar-refractivity contribution in [1.29, 1.82) is 0 Å².